The van der Waals surface area contributed by atoms with Gasteiger partial charge in [-0.15, -0.1) is 0 Å². The molecule has 0 saturated carbocycles. The molecular weight excluding hydrogens is 415 g/mol. The van der Waals surface area contributed by atoms with Crippen molar-refractivity contribution in [2.24, 2.45) is 0 Å². The summed E-state index contributed by atoms with van der Waals surface area (Å²) in [5, 5.41) is 0. The second kappa shape index (κ2) is 10.1. The molecule has 1 fully saturated rings. The van der Waals surface area contributed by atoms with Crippen molar-refractivity contribution in [2.75, 3.05) is 22.9 Å². The number of rotatable bonds is 4. The third-order valence-electron chi connectivity index (χ3n) is 5.41. The van der Waals surface area contributed by atoms with E-state index in [9.17, 15) is 0 Å². The number of hydrogen-bond acceptors (Lipinski definition) is 2. The zero-order chi connectivity index (χ0) is 19.0. The zero-order valence-electron chi connectivity index (χ0n) is 18.1. The molecule has 3 rings (SSSR count). The summed E-state index contributed by atoms with van der Waals surface area (Å²) in [7, 11) is 0. The molecule has 1 aliphatic rings. The van der Waals surface area contributed by atoms with Gasteiger partial charge in [0.15, 0.2) is 0 Å². The molecule has 0 unspecified atom stereocenters. The summed E-state index contributed by atoms with van der Waals surface area (Å²) in [5.41, 5.74) is 9.75. The summed E-state index contributed by atoms with van der Waals surface area (Å²) >= 11 is 0. The summed E-state index contributed by atoms with van der Waals surface area (Å²) in [6, 6.07) is 11.4. The summed E-state index contributed by atoms with van der Waals surface area (Å²) in [4.78, 5) is 4.91. The zero-order valence-corrected chi connectivity index (χ0v) is 19.8. The van der Waals surface area contributed by atoms with Crippen molar-refractivity contribution in [1.82, 2.24) is 0 Å². The van der Waals surface area contributed by atoms with E-state index in [0.29, 0.717) is 11.8 Å². The van der Waals surface area contributed by atoms with Crippen LogP contribution in [0.3, 0.4) is 0 Å². The van der Waals surface area contributed by atoms with E-state index in [0.717, 1.165) is 13.1 Å². The van der Waals surface area contributed by atoms with Crippen LogP contribution in [-0.2, 0) is 17.1 Å². The molecule has 1 saturated heterocycles. The molecule has 0 N–H and O–H groups in total. The molecule has 28 heavy (non-hydrogen) atoms. The van der Waals surface area contributed by atoms with Crippen LogP contribution in [0.15, 0.2) is 30.3 Å². The molecular formula is C24H33ClCuN2. The molecule has 0 bridgehead atoms. The first-order valence-corrected chi connectivity index (χ1v) is 9.88. The quantitative estimate of drug-likeness (QED) is 0.663. The maximum atomic E-state index is 2.48. The van der Waals surface area contributed by atoms with Crippen LogP contribution in [0.4, 0.5) is 11.4 Å². The Bertz CT molecular complexity index is 752. The number of anilines is 2. The van der Waals surface area contributed by atoms with Gasteiger partial charge in [0.1, 0.15) is 6.67 Å². The second-order valence-electron chi connectivity index (χ2n) is 8.34. The van der Waals surface area contributed by atoms with Gasteiger partial charge in [0.2, 0.25) is 0 Å². The SMILES string of the molecule is Cc1cc(C)c(N2[CH]N(c3c(C(C)C)cccc3C(C)C)CC2)c(C)c1.[Cl-].[Cu+]. The van der Waals surface area contributed by atoms with Gasteiger partial charge < -0.3 is 22.2 Å². The van der Waals surface area contributed by atoms with Crippen molar-refractivity contribution in [3.05, 3.63) is 64.8 Å². The number of nitrogens with zero attached hydrogens (tertiary/aromatic N) is 2. The first-order valence-electron chi connectivity index (χ1n) is 9.88. The fraction of sp³-hybridized carbons (Fsp3) is 0.458. The minimum Gasteiger partial charge on any atom is -1.00 e. The molecule has 0 spiro atoms. The molecule has 0 aromatic heterocycles. The minimum absolute atomic E-state index is 0. The van der Waals surface area contributed by atoms with Gasteiger partial charge in [-0.3, -0.25) is 0 Å². The van der Waals surface area contributed by atoms with Crippen molar-refractivity contribution in [2.45, 2.75) is 60.3 Å². The second-order valence-corrected chi connectivity index (χ2v) is 8.34. The average Bonchev–Trinajstić information content (AvgIpc) is 3.02. The summed E-state index contributed by atoms with van der Waals surface area (Å²) in [6.07, 6.45) is 0. The largest absolute Gasteiger partial charge is 1.00 e. The van der Waals surface area contributed by atoms with Gasteiger partial charge >= 0.3 is 17.1 Å². The third-order valence-corrected chi connectivity index (χ3v) is 5.41. The topological polar surface area (TPSA) is 6.48 Å². The molecule has 1 aliphatic heterocycles. The Kier molecular flexibility index (Phi) is 8.93. The predicted molar refractivity (Wildman–Crippen MR) is 114 cm³/mol. The first kappa shape index (κ1) is 24.9. The Morgan fingerprint density at radius 2 is 1.18 bits per heavy atom. The van der Waals surface area contributed by atoms with Crippen LogP contribution in [0.5, 0.6) is 0 Å². The van der Waals surface area contributed by atoms with Gasteiger partial charge in [-0.1, -0.05) is 63.6 Å². The van der Waals surface area contributed by atoms with Crippen LogP contribution < -0.4 is 22.2 Å². The molecule has 0 atom stereocenters. The fourth-order valence-electron chi connectivity index (χ4n) is 4.31. The molecule has 2 nitrogen and oxygen atoms in total. The Morgan fingerprint density at radius 1 is 0.750 bits per heavy atom. The monoisotopic (exact) mass is 447 g/mol. The van der Waals surface area contributed by atoms with Crippen LogP contribution in [0.1, 0.15) is 67.3 Å². The Labute approximate surface area is 188 Å². The number of aryl methyl sites for hydroxylation is 3. The van der Waals surface area contributed by atoms with E-state index >= 15 is 0 Å². The van der Waals surface area contributed by atoms with Gasteiger partial charge in [-0.25, -0.2) is 0 Å². The van der Waals surface area contributed by atoms with E-state index < -0.39 is 0 Å². The number of halogens is 1. The van der Waals surface area contributed by atoms with E-state index in [-0.39, 0.29) is 29.5 Å². The first-order chi connectivity index (χ1) is 12.3. The number of hydrogen-bond donors (Lipinski definition) is 0. The van der Waals surface area contributed by atoms with Crippen molar-refractivity contribution in [1.29, 1.82) is 0 Å². The van der Waals surface area contributed by atoms with Gasteiger partial charge in [0.05, 0.1) is 0 Å². The Balaban J connectivity index is 0.00000196. The van der Waals surface area contributed by atoms with Crippen LogP contribution in [0, 0.1) is 27.4 Å². The van der Waals surface area contributed by atoms with Gasteiger partial charge in [-0.2, -0.15) is 0 Å². The van der Waals surface area contributed by atoms with Crippen LogP contribution in [0.25, 0.3) is 0 Å². The van der Waals surface area contributed by atoms with E-state index in [2.05, 4.69) is 95.3 Å². The van der Waals surface area contributed by atoms with E-state index in [1.165, 1.54) is 39.2 Å². The molecule has 0 aliphatic carbocycles. The van der Waals surface area contributed by atoms with Gasteiger partial charge in [-0.05, 0) is 54.9 Å². The summed E-state index contributed by atoms with van der Waals surface area (Å²) in [5.74, 6) is 1.04. The van der Waals surface area contributed by atoms with Crippen molar-refractivity contribution in [3.8, 4) is 0 Å². The molecule has 1 radical (unpaired) electrons. The van der Waals surface area contributed by atoms with Crippen LogP contribution >= 0.6 is 0 Å². The Morgan fingerprint density at radius 3 is 1.61 bits per heavy atom. The molecule has 1 heterocycles. The number of benzene rings is 2. The third kappa shape index (κ3) is 4.87. The maximum Gasteiger partial charge on any atom is 1.00 e. The normalized spacial score (nSPS) is 13.8. The standard InChI is InChI=1S/C24H33N2.ClH.Cu/c1-16(2)21-9-8-10-22(17(3)4)24(21)26-12-11-25(15-26)23-19(6)13-18(5)14-20(23)7;;/h8-10,13-17H,11-12H2,1-7H3;1H;/q;;+1/p-1. The smallest absolute Gasteiger partial charge is 1.00 e. The van der Waals surface area contributed by atoms with E-state index in [1.807, 2.05) is 0 Å². The van der Waals surface area contributed by atoms with Gasteiger partial charge in [0, 0.05) is 24.5 Å². The molecule has 157 valence electrons. The maximum absolute atomic E-state index is 2.48. The minimum atomic E-state index is 0. The van der Waals surface area contributed by atoms with E-state index in [4.69, 9.17) is 0 Å². The van der Waals surface area contributed by atoms with Crippen LogP contribution in [-0.4, -0.2) is 13.1 Å². The van der Waals surface area contributed by atoms with Crippen molar-refractivity contribution in [3.63, 3.8) is 0 Å². The Hall–Kier alpha value is -1.15. The molecule has 0 amide bonds. The summed E-state index contributed by atoms with van der Waals surface area (Å²) < 4.78 is 0. The van der Waals surface area contributed by atoms with Crippen molar-refractivity contribution < 1.29 is 29.5 Å². The molecule has 4 heteroatoms. The molecule has 2 aromatic rings. The summed E-state index contributed by atoms with van der Waals surface area (Å²) in [6.45, 7) is 20.2. The fourth-order valence-corrected chi connectivity index (χ4v) is 4.31. The van der Waals surface area contributed by atoms with Crippen molar-refractivity contribution >= 4 is 11.4 Å². The van der Waals surface area contributed by atoms with E-state index in [1.54, 1.807) is 0 Å². The van der Waals surface area contributed by atoms with Gasteiger partial charge in [0.25, 0.3) is 0 Å². The average molecular weight is 449 g/mol. The number of para-hydroxylation sites is 1. The predicted octanol–water partition coefficient (Wildman–Crippen LogP) is 3.31. The van der Waals surface area contributed by atoms with Crippen LogP contribution in [0.2, 0.25) is 0 Å². The molecule has 2 aromatic carbocycles.